The van der Waals surface area contributed by atoms with Gasteiger partial charge in [-0.3, -0.25) is 9.59 Å². The normalized spacial score (nSPS) is 16.0. The maximum absolute atomic E-state index is 13.1. The van der Waals surface area contributed by atoms with Crippen molar-refractivity contribution in [3.63, 3.8) is 0 Å². The van der Waals surface area contributed by atoms with E-state index in [9.17, 15) is 14.4 Å². The quantitative estimate of drug-likeness (QED) is 0.484. The average molecular weight is 492 g/mol. The van der Waals surface area contributed by atoms with E-state index in [1.165, 1.54) is 0 Å². The predicted molar refractivity (Wildman–Crippen MR) is 134 cm³/mol. The molecule has 1 heterocycles. The molecule has 1 fully saturated rings. The summed E-state index contributed by atoms with van der Waals surface area (Å²) in [6.07, 6.45) is 1.86. The number of nitrogens with zero attached hydrogens (tertiary/aromatic N) is 1. The molecule has 2 N–H and O–H groups in total. The van der Waals surface area contributed by atoms with Crippen molar-refractivity contribution in [1.29, 1.82) is 0 Å². The van der Waals surface area contributed by atoms with Crippen molar-refractivity contribution < 1.29 is 28.6 Å². The van der Waals surface area contributed by atoms with Crippen LogP contribution in [0.25, 0.3) is 0 Å². The fourth-order valence-electron chi connectivity index (χ4n) is 3.69. The zero-order valence-corrected chi connectivity index (χ0v) is 21.9. The Labute approximate surface area is 208 Å². The largest absolute Gasteiger partial charge is 0.493 e. The van der Waals surface area contributed by atoms with E-state index in [1.54, 1.807) is 51.0 Å². The molecule has 196 valence electrons. The van der Waals surface area contributed by atoms with Crippen molar-refractivity contribution in [3.8, 4) is 11.5 Å². The van der Waals surface area contributed by atoms with Crippen LogP contribution in [0, 0.1) is 11.8 Å². The summed E-state index contributed by atoms with van der Waals surface area (Å²) in [4.78, 5) is 39.2. The van der Waals surface area contributed by atoms with Crippen LogP contribution in [0.15, 0.2) is 18.2 Å². The fourth-order valence-corrected chi connectivity index (χ4v) is 3.69. The molecule has 0 spiro atoms. The second-order valence-corrected chi connectivity index (χ2v) is 10.2. The van der Waals surface area contributed by atoms with Crippen molar-refractivity contribution in [2.24, 2.45) is 11.8 Å². The highest BCUT2D eigenvalue weighted by Crippen LogP contribution is 2.29. The first-order valence-electron chi connectivity index (χ1n) is 12.3. The molecule has 0 aromatic heterocycles. The number of hydrogen-bond donors (Lipinski definition) is 2. The van der Waals surface area contributed by atoms with Gasteiger partial charge < -0.3 is 29.7 Å². The average Bonchev–Trinajstić information content (AvgIpc) is 2.80. The summed E-state index contributed by atoms with van der Waals surface area (Å²) in [6, 6.07) is 5.19. The molecular weight excluding hydrogens is 450 g/mol. The van der Waals surface area contributed by atoms with Crippen LogP contribution in [0.3, 0.4) is 0 Å². The van der Waals surface area contributed by atoms with Crippen LogP contribution in [0.4, 0.5) is 4.79 Å². The number of benzene rings is 1. The Morgan fingerprint density at radius 3 is 2.49 bits per heavy atom. The van der Waals surface area contributed by atoms with Crippen LogP contribution >= 0.6 is 0 Å². The number of methoxy groups -OCH3 is 1. The van der Waals surface area contributed by atoms with Crippen LogP contribution in [0.2, 0.25) is 0 Å². The van der Waals surface area contributed by atoms with Gasteiger partial charge in [0, 0.05) is 31.7 Å². The molecule has 3 amide bonds. The lowest BCUT2D eigenvalue weighted by molar-refractivity contribution is -0.126. The topological polar surface area (TPSA) is 106 Å². The van der Waals surface area contributed by atoms with Crippen molar-refractivity contribution in [1.82, 2.24) is 15.5 Å². The first-order valence-corrected chi connectivity index (χ1v) is 12.3. The van der Waals surface area contributed by atoms with Crippen molar-refractivity contribution in [2.45, 2.75) is 59.5 Å². The van der Waals surface area contributed by atoms with Crippen LogP contribution in [0.1, 0.15) is 64.2 Å². The van der Waals surface area contributed by atoms with Crippen LogP contribution in [-0.2, 0) is 9.53 Å². The summed E-state index contributed by atoms with van der Waals surface area (Å²) < 4.78 is 16.4. The molecule has 0 aliphatic carbocycles. The number of nitrogens with one attached hydrogen (secondary N) is 2. The van der Waals surface area contributed by atoms with Gasteiger partial charge in [0.25, 0.3) is 5.91 Å². The Hall–Kier alpha value is -2.97. The number of likely N-dealkylation sites (tertiary alicyclic amines) is 1. The van der Waals surface area contributed by atoms with Gasteiger partial charge in [-0.25, -0.2) is 4.79 Å². The lowest BCUT2D eigenvalue weighted by atomic mass is 9.96. The van der Waals surface area contributed by atoms with Gasteiger partial charge in [0.05, 0.1) is 19.6 Å². The Balaban J connectivity index is 1.87. The highest BCUT2D eigenvalue weighted by molar-refractivity contribution is 5.95. The first-order chi connectivity index (χ1) is 16.5. The number of ether oxygens (including phenoxy) is 3. The number of hydrogen-bond acceptors (Lipinski definition) is 6. The highest BCUT2D eigenvalue weighted by atomic mass is 16.6. The van der Waals surface area contributed by atoms with Gasteiger partial charge in [0.1, 0.15) is 5.60 Å². The fraction of sp³-hybridized carbons (Fsp3) is 0.654. The van der Waals surface area contributed by atoms with Crippen LogP contribution in [0.5, 0.6) is 11.5 Å². The summed E-state index contributed by atoms with van der Waals surface area (Å²) in [5, 5.41) is 5.46. The number of alkyl carbamates (subject to hydrolysis) is 1. The lowest BCUT2D eigenvalue weighted by Crippen LogP contribution is -2.46. The van der Waals surface area contributed by atoms with E-state index >= 15 is 0 Å². The highest BCUT2D eigenvalue weighted by Gasteiger charge is 2.29. The van der Waals surface area contributed by atoms with Gasteiger partial charge >= 0.3 is 6.09 Å². The molecule has 1 saturated heterocycles. The van der Waals surface area contributed by atoms with Crippen LogP contribution < -0.4 is 20.1 Å². The van der Waals surface area contributed by atoms with Crippen molar-refractivity contribution >= 4 is 17.9 Å². The molecule has 1 aliphatic rings. The Morgan fingerprint density at radius 1 is 1.11 bits per heavy atom. The molecule has 1 atom stereocenters. The number of piperidine rings is 1. The number of carbonyl (C=O) groups excluding carboxylic acids is 3. The minimum atomic E-state index is -0.573. The molecule has 0 radical (unpaired) electrons. The zero-order valence-electron chi connectivity index (χ0n) is 21.9. The van der Waals surface area contributed by atoms with E-state index in [-0.39, 0.29) is 30.8 Å². The van der Waals surface area contributed by atoms with Gasteiger partial charge in [-0.05, 0) is 64.2 Å². The third-order valence-electron chi connectivity index (χ3n) is 5.54. The molecule has 9 nitrogen and oxygen atoms in total. The molecular formula is C26H41N3O6. The van der Waals surface area contributed by atoms with E-state index in [0.717, 1.165) is 12.8 Å². The molecule has 1 aromatic rings. The molecule has 35 heavy (non-hydrogen) atoms. The summed E-state index contributed by atoms with van der Waals surface area (Å²) in [5.41, 5.74) is -0.0722. The second-order valence-electron chi connectivity index (χ2n) is 10.2. The molecule has 2 rings (SSSR count). The summed E-state index contributed by atoms with van der Waals surface area (Å²) >= 11 is 0. The number of rotatable bonds is 10. The molecule has 0 saturated carbocycles. The van der Waals surface area contributed by atoms with Crippen molar-refractivity contribution in [2.75, 3.05) is 39.9 Å². The second kappa shape index (κ2) is 13.2. The Bertz CT molecular complexity index is 865. The first kappa shape index (κ1) is 28.3. The van der Waals surface area contributed by atoms with E-state index in [0.29, 0.717) is 49.1 Å². The number of carbonyl (C=O) groups is 3. The maximum Gasteiger partial charge on any atom is 0.407 e. The summed E-state index contributed by atoms with van der Waals surface area (Å²) in [6.45, 7) is 11.7. The standard InChI is InChI=1S/C26H41N3O6/c1-18(2)11-15-34-21-10-9-19(16-22(21)33-6)24(31)29-14-7-8-20(17-29)23(30)27-12-13-28-25(32)35-26(3,4)5/h9-10,16,18,20H,7-8,11-15,17H2,1-6H3,(H,27,30)(H,28,32). The van der Waals surface area contributed by atoms with Gasteiger partial charge in [0.15, 0.2) is 11.5 Å². The van der Waals surface area contributed by atoms with Crippen molar-refractivity contribution in [3.05, 3.63) is 23.8 Å². The number of amides is 3. The van der Waals surface area contributed by atoms with E-state index in [1.807, 2.05) is 0 Å². The Morgan fingerprint density at radius 2 is 1.83 bits per heavy atom. The summed E-state index contributed by atoms with van der Waals surface area (Å²) in [5.74, 6) is 1.10. The molecule has 0 bridgehead atoms. The van der Waals surface area contributed by atoms with Gasteiger partial charge in [-0.1, -0.05) is 13.8 Å². The Kier molecular flexibility index (Phi) is 10.7. The SMILES string of the molecule is COc1cc(C(=O)N2CCCC(C(=O)NCCNC(=O)OC(C)(C)C)C2)ccc1OCCC(C)C. The van der Waals surface area contributed by atoms with E-state index in [4.69, 9.17) is 14.2 Å². The molecule has 9 heteroatoms. The lowest BCUT2D eigenvalue weighted by Gasteiger charge is -2.32. The van der Waals surface area contributed by atoms with Gasteiger partial charge in [0.2, 0.25) is 5.91 Å². The summed E-state index contributed by atoms with van der Waals surface area (Å²) in [7, 11) is 1.55. The predicted octanol–water partition coefficient (Wildman–Crippen LogP) is 3.61. The minimum absolute atomic E-state index is 0.125. The molecule has 1 aromatic carbocycles. The minimum Gasteiger partial charge on any atom is -0.493 e. The molecule has 1 aliphatic heterocycles. The smallest absolute Gasteiger partial charge is 0.407 e. The van der Waals surface area contributed by atoms with E-state index < -0.39 is 11.7 Å². The van der Waals surface area contributed by atoms with E-state index in [2.05, 4.69) is 24.5 Å². The van der Waals surface area contributed by atoms with Gasteiger partial charge in [-0.15, -0.1) is 0 Å². The monoisotopic (exact) mass is 491 g/mol. The maximum atomic E-state index is 13.1. The zero-order chi connectivity index (χ0) is 26.0. The molecule has 1 unspecified atom stereocenters. The van der Waals surface area contributed by atoms with Gasteiger partial charge in [-0.2, -0.15) is 0 Å². The van der Waals surface area contributed by atoms with Crippen LogP contribution in [-0.4, -0.2) is 68.3 Å². The third kappa shape index (κ3) is 9.66. The third-order valence-corrected chi connectivity index (χ3v) is 5.54.